The van der Waals surface area contributed by atoms with Gasteiger partial charge in [-0.25, -0.2) is 0 Å². The van der Waals surface area contributed by atoms with Gasteiger partial charge < -0.3 is 5.11 Å². The fraction of sp³-hybridized carbons (Fsp3) is 0.800. The maximum atomic E-state index is 8.79. The first-order valence-corrected chi connectivity index (χ1v) is 5.50. The molecule has 0 bridgehead atoms. The minimum absolute atomic E-state index is 0.325. The molecule has 1 atom stereocenters. The summed E-state index contributed by atoms with van der Waals surface area (Å²) in [5.74, 6) is 1.47. The Morgan fingerprint density at radius 3 is 3.00 bits per heavy atom. The Morgan fingerprint density at radius 1 is 1.62 bits per heavy atom. The number of hydrogen-bond acceptors (Lipinski definition) is 3. The molecule has 13 heavy (non-hydrogen) atoms. The number of likely N-dealkylation sites (tertiary alicyclic amines) is 1. The second kappa shape index (κ2) is 5.68. The fourth-order valence-electron chi connectivity index (χ4n) is 1.84. The van der Waals surface area contributed by atoms with Crippen molar-refractivity contribution in [2.45, 2.75) is 12.8 Å². The Morgan fingerprint density at radius 2 is 2.38 bits per heavy atom. The first-order valence-electron chi connectivity index (χ1n) is 4.87. The van der Waals surface area contributed by atoms with E-state index in [9.17, 15) is 0 Å². The Hall–Kier alpha value is 0.01000. The van der Waals surface area contributed by atoms with Gasteiger partial charge in [0.1, 0.15) is 0 Å². The zero-order chi connectivity index (χ0) is 9.68. The van der Waals surface area contributed by atoms with Crippen molar-refractivity contribution in [2.75, 3.05) is 32.0 Å². The van der Waals surface area contributed by atoms with E-state index in [4.69, 9.17) is 5.11 Å². The molecule has 1 rings (SSSR count). The number of nitrogens with zero attached hydrogens (tertiary/aromatic N) is 1. The first kappa shape index (κ1) is 11.1. The lowest BCUT2D eigenvalue weighted by molar-refractivity contribution is 0.253. The second-order valence-corrected chi connectivity index (χ2v) is 4.13. The second-order valence-electron chi connectivity index (χ2n) is 3.81. The van der Waals surface area contributed by atoms with E-state index >= 15 is 0 Å². The Kier molecular flexibility index (Phi) is 4.84. The molecule has 0 aromatic carbocycles. The van der Waals surface area contributed by atoms with Gasteiger partial charge in [-0.05, 0) is 25.3 Å². The number of thiol groups is 1. The van der Waals surface area contributed by atoms with Crippen molar-refractivity contribution >= 4 is 12.6 Å². The van der Waals surface area contributed by atoms with Crippen LogP contribution in [0.3, 0.4) is 0 Å². The van der Waals surface area contributed by atoms with Crippen LogP contribution >= 0.6 is 12.6 Å². The summed E-state index contributed by atoms with van der Waals surface area (Å²) in [7, 11) is 0. The third-order valence-corrected chi connectivity index (χ3v) is 3.03. The summed E-state index contributed by atoms with van der Waals surface area (Å²) in [6, 6.07) is 0. The summed E-state index contributed by atoms with van der Waals surface area (Å²) in [6.45, 7) is 7.51. The average Bonchev–Trinajstić information content (AvgIpc) is 2.53. The van der Waals surface area contributed by atoms with E-state index < -0.39 is 0 Å². The van der Waals surface area contributed by atoms with E-state index in [1.54, 1.807) is 0 Å². The maximum Gasteiger partial charge on any atom is 0.0434 e. The van der Waals surface area contributed by atoms with Crippen molar-refractivity contribution in [3.63, 3.8) is 0 Å². The van der Waals surface area contributed by atoms with Crippen molar-refractivity contribution in [2.24, 2.45) is 5.92 Å². The SMILES string of the molecule is C=C(CS)CN1CCC(CCO)C1. The molecule has 1 saturated heterocycles. The molecule has 1 unspecified atom stereocenters. The highest BCUT2D eigenvalue weighted by molar-refractivity contribution is 7.80. The molecule has 1 N–H and O–H groups in total. The van der Waals surface area contributed by atoms with Gasteiger partial charge in [0.05, 0.1) is 0 Å². The molecular weight excluding hydrogens is 182 g/mol. The fourth-order valence-corrected chi connectivity index (χ4v) is 1.94. The molecule has 1 heterocycles. The zero-order valence-corrected chi connectivity index (χ0v) is 8.97. The van der Waals surface area contributed by atoms with E-state index in [1.165, 1.54) is 12.0 Å². The largest absolute Gasteiger partial charge is 0.396 e. The highest BCUT2D eigenvalue weighted by atomic mass is 32.1. The molecular formula is C10H19NOS. The van der Waals surface area contributed by atoms with Crippen molar-refractivity contribution < 1.29 is 5.11 Å². The molecule has 3 heteroatoms. The van der Waals surface area contributed by atoms with E-state index in [-0.39, 0.29) is 0 Å². The molecule has 0 amide bonds. The van der Waals surface area contributed by atoms with Crippen molar-refractivity contribution in [3.05, 3.63) is 12.2 Å². The molecule has 0 aromatic rings. The minimum Gasteiger partial charge on any atom is -0.396 e. The van der Waals surface area contributed by atoms with Crippen molar-refractivity contribution in [1.29, 1.82) is 0 Å². The summed E-state index contributed by atoms with van der Waals surface area (Å²) >= 11 is 4.19. The molecule has 0 saturated carbocycles. The number of rotatable bonds is 5. The van der Waals surface area contributed by atoms with Crippen LogP contribution in [0.5, 0.6) is 0 Å². The molecule has 0 spiro atoms. The minimum atomic E-state index is 0.325. The Balaban J connectivity index is 2.20. The normalized spacial score (nSPS) is 23.7. The molecule has 1 aliphatic rings. The standard InChI is InChI=1S/C10H19NOS/c1-9(8-13)6-11-4-2-10(7-11)3-5-12/h10,12-13H,1-8H2. The van der Waals surface area contributed by atoms with Gasteiger partial charge in [-0.1, -0.05) is 12.2 Å². The van der Waals surface area contributed by atoms with Gasteiger partial charge in [-0.2, -0.15) is 12.6 Å². The van der Waals surface area contributed by atoms with Gasteiger partial charge in [0.15, 0.2) is 0 Å². The van der Waals surface area contributed by atoms with Crippen LogP contribution in [0.2, 0.25) is 0 Å². The lowest BCUT2D eigenvalue weighted by Crippen LogP contribution is -2.23. The monoisotopic (exact) mass is 201 g/mol. The molecule has 1 aliphatic heterocycles. The van der Waals surface area contributed by atoms with Gasteiger partial charge in [0.2, 0.25) is 0 Å². The Bertz CT molecular complexity index is 172. The first-order chi connectivity index (χ1) is 6.26. The van der Waals surface area contributed by atoms with Gasteiger partial charge >= 0.3 is 0 Å². The Labute approximate surface area is 86.0 Å². The quantitative estimate of drug-likeness (QED) is 0.515. The van der Waals surface area contributed by atoms with Crippen molar-refractivity contribution in [3.8, 4) is 0 Å². The van der Waals surface area contributed by atoms with Crippen LogP contribution in [0.1, 0.15) is 12.8 Å². The van der Waals surface area contributed by atoms with Gasteiger partial charge in [0.25, 0.3) is 0 Å². The van der Waals surface area contributed by atoms with Crippen LogP contribution in [-0.2, 0) is 0 Å². The van der Waals surface area contributed by atoms with Gasteiger partial charge in [-0.3, -0.25) is 4.90 Å². The molecule has 0 radical (unpaired) electrons. The van der Waals surface area contributed by atoms with Crippen LogP contribution in [0, 0.1) is 5.92 Å². The van der Waals surface area contributed by atoms with Crippen LogP contribution in [0.4, 0.5) is 0 Å². The average molecular weight is 201 g/mol. The summed E-state index contributed by atoms with van der Waals surface area (Å²) in [6.07, 6.45) is 2.17. The van der Waals surface area contributed by atoms with Crippen LogP contribution in [0.25, 0.3) is 0 Å². The molecule has 0 aliphatic carbocycles. The lowest BCUT2D eigenvalue weighted by Gasteiger charge is -2.16. The molecule has 0 aromatic heterocycles. The molecule has 1 fully saturated rings. The molecule has 2 nitrogen and oxygen atoms in total. The summed E-state index contributed by atoms with van der Waals surface area (Å²) < 4.78 is 0. The third-order valence-electron chi connectivity index (χ3n) is 2.58. The van der Waals surface area contributed by atoms with E-state index in [0.29, 0.717) is 12.5 Å². The smallest absolute Gasteiger partial charge is 0.0434 e. The van der Waals surface area contributed by atoms with Gasteiger partial charge in [0, 0.05) is 25.4 Å². The van der Waals surface area contributed by atoms with E-state index in [2.05, 4.69) is 24.1 Å². The summed E-state index contributed by atoms with van der Waals surface area (Å²) in [4.78, 5) is 2.40. The zero-order valence-electron chi connectivity index (χ0n) is 8.08. The summed E-state index contributed by atoms with van der Waals surface area (Å²) in [5, 5.41) is 8.79. The predicted octanol–water partition coefficient (Wildman–Crippen LogP) is 1.18. The van der Waals surface area contributed by atoms with Gasteiger partial charge in [-0.15, -0.1) is 0 Å². The van der Waals surface area contributed by atoms with Crippen LogP contribution in [-0.4, -0.2) is 42.0 Å². The predicted molar refractivity (Wildman–Crippen MR) is 59.2 cm³/mol. The highest BCUT2D eigenvalue weighted by Crippen LogP contribution is 2.19. The lowest BCUT2D eigenvalue weighted by atomic mass is 10.1. The topological polar surface area (TPSA) is 23.5 Å². The number of hydrogen-bond donors (Lipinski definition) is 2. The van der Waals surface area contributed by atoms with E-state index in [1.807, 2.05) is 0 Å². The van der Waals surface area contributed by atoms with Crippen LogP contribution < -0.4 is 0 Å². The number of aliphatic hydroxyl groups is 1. The van der Waals surface area contributed by atoms with Crippen molar-refractivity contribution in [1.82, 2.24) is 4.90 Å². The number of aliphatic hydroxyl groups excluding tert-OH is 1. The third kappa shape index (κ3) is 3.71. The summed E-state index contributed by atoms with van der Waals surface area (Å²) in [5.41, 5.74) is 1.19. The highest BCUT2D eigenvalue weighted by Gasteiger charge is 2.21. The van der Waals surface area contributed by atoms with E-state index in [0.717, 1.165) is 31.8 Å². The maximum absolute atomic E-state index is 8.79. The van der Waals surface area contributed by atoms with Crippen LogP contribution in [0.15, 0.2) is 12.2 Å². The molecule has 76 valence electrons.